The fourth-order valence-corrected chi connectivity index (χ4v) is 3.29. The van der Waals surface area contributed by atoms with Gasteiger partial charge in [-0.3, -0.25) is 0 Å². The number of fused-ring (bicyclic) bond motifs is 1. The maximum absolute atomic E-state index is 6.24. The molecule has 2 nitrogen and oxygen atoms in total. The molecular weight excluding hydrogens is 317 g/mol. The lowest BCUT2D eigenvalue weighted by Gasteiger charge is -2.31. The van der Waals surface area contributed by atoms with Gasteiger partial charge >= 0.3 is 0 Å². The molecule has 0 radical (unpaired) electrons. The van der Waals surface area contributed by atoms with Gasteiger partial charge in [-0.1, -0.05) is 40.9 Å². The molecule has 0 fully saturated rings. The van der Waals surface area contributed by atoms with Crippen LogP contribution < -0.4 is 10.5 Å². The third-order valence-corrected chi connectivity index (χ3v) is 4.32. The van der Waals surface area contributed by atoms with Crippen LogP contribution in [0.25, 0.3) is 0 Å². The van der Waals surface area contributed by atoms with Gasteiger partial charge in [-0.25, -0.2) is 0 Å². The first-order valence-electron chi connectivity index (χ1n) is 6.22. The highest BCUT2D eigenvalue weighted by Crippen LogP contribution is 2.44. The summed E-state index contributed by atoms with van der Waals surface area (Å²) in [5, 5.41) is 1.83. The topological polar surface area (TPSA) is 35.2 Å². The lowest BCUT2D eigenvalue weighted by Crippen LogP contribution is -2.24. The van der Waals surface area contributed by atoms with Crippen molar-refractivity contribution in [3.05, 3.63) is 62.6 Å². The molecule has 0 spiro atoms. The van der Waals surface area contributed by atoms with Gasteiger partial charge in [0.05, 0.1) is 0 Å². The van der Waals surface area contributed by atoms with E-state index in [2.05, 4.69) is 0 Å². The molecule has 0 bridgehead atoms. The second-order valence-electron chi connectivity index (χ2n) is 4.77. The first-order chi connectivity index (χ1) is 9.56. The minimum absolute atomic E-state index is 0.158. The predicted molar refractivity (Wildman–Crippen MR) is 82.8 cm³/mol. The molecule has 1 aliphatic heterocycles. The van der Waals surface area contributed by atoms with E-state index >= 15 is 0 Å². The lowest BCUT2D eigenvalue weighted by atomic mass is 9.93. The van der Waals surface area contributed by atoms with E-state index in [0.717, 1.165) is 16.9 Å². The van der Waals surface area contributed by atoms with Crippen molar-refractivity contribution in [2.24, 2.45) is 5.73 Å². The van der Waals surface area contributed by atoms with Gasteiger partial charge in [0, 0.05) is 38.7 Å². The van der Waals surface area contributed by atoms with E-state index in [1.165, 1.54) is 0 Å². The highest BCUT2D eigenvalue weighted by atomic mass is 35.5. The summed E-state index contributed by atoms with van der Waals surface area (Å²) in [6.45, 7) is 0. The van der Waals surface area contributed by atoms with Crippen molar-refractivity contribution in [2.75, 3.05) is 0 Å². The quantitative estimate of drug-likeness (QED) is 0.783. The van der Waals surface area contributed by atoms with Crippen LogP contribution in [-0.2, 0) is 0 Å². The van der Waals surface area contributed by atoms with Gasteiger partial charge in [0.25, 0.3) is 0 Å². The highest BCUT2D eigenvalue weighted by Gasteiger charge is 2.29. The van der Waals surface area contributed by atoms with E-state index < -0.39 is 0 Å². The third kappa shape index (κ3) is 2.49. The third-order valence-electron chi connectivity index (χ3n) is 3.43. The summed E-state index contributed by atoms with van der Waals surface area (Å²) in [4.78, 5) is 0. The molecule has 0 aliphatic carbocycles. The van der Waals surface area contributed by atoms with Crippen LogP contribution >= 0.6 is 34.8 Å². The van der Waals surface area contributed by atoms with Gasteiger partial charge in [0.15, 0.2) is 0 Å². The van der Waals surface area contributed by atoms with Gasteiger partial charge in [-0.2, -0.15) is 0 Å². The van der Waals surface area contributed by atoms with E-state index in [9.17, 15) is 0 Å². The van der Waals surface area contributed by atoms with Gasteiger partial charge < -0.3 is 10.5 Å². The van der Waals surface area contributed by atoms with Crippen molar-refractivity contribution < 1.29 is 4.74 Å². The zero-order valence-corrected chi connectivity index (χ0v) is 12.7. The maximum atomic E-state index is 6.24. The summed E-state index contributed by atoms with van der Waals surface area (Å²) in [5.41, 5.74) is 7.92. The molecule has 5 heteroatoms. The SMILES string of the molecule is N[C@@H]1CC(c2c(Cl)cccc2Cl)Oc2ccc(Cl)cc21. The molecule has 0 amide bonds. The number of hydrogen-bond acceptors (Lipinski definition) is 2. The number of ether oxygens (including phenoxy) is 1. The summed E-state index contributed by atoms with van der Waals surface area (Å²) in [6, 6.07) is 10.7. The molecule has 0 aromatic heterocycles. The normalized spacial score (nSPS) is 21.2. The van der Waals surface area contributed by atoms with Crippen molar-refractivity contribution in [1.29, 1.82) is 0 Å². The number of halogens is 3. The first-order valence-corrected chi connectivity index (χ1v) is 7.35. The molecule has 3 rings (SSSR count). The molecule has 2 aromatic rings. The van der Waals surface area contributed by atoms with E-state index in [0.29, 0.717) is 21.5 Å². The van der Waals surface area contributed by atoms with Crippen molar-refractivity contribution >= 4 is 34.8 Å². The van der Waals surface area contributed by atoms with E-state index in [1.807, 2.05) is 18.2 Å². The summed E-state index contributed by atoms with van der Waals surface area (Å²) < 4.78 is 6.00. The fourth-order valence-electron chi connectivity index (χ4n) is 2.47. The largest absolute Gasteiger partial charge is 0.485 e. The minimum Gasteiger partial charge on any atom is -0.485 e. The van der Waals surface area contributed by atoms with E-state index in [4.69, 9.17) is 45.3 Å². The van der Waals surface area contributed by atoms with Gasteiger partial charge in [-0.15, -0.1) is 0 Å². The molecule has 20 heavy (non-hydrogen) atoms. The average molecular weight is 329 g/mol. The van der Waals surface area contributed by atoms with Crippen molar-refractivity contribution in [3.63, 3.8) is 0 Å². The second-order valence-corrected chi connectivity index (χ2v) is 6.02. The predicted octanol–water partition coefficient (Wildman–Crippen LogP) is 5.17. The number of rotatable bonds is 1. The Labute approximate surface area is 132 Å². The van der Waals surface area contributed by atoms with Crippen LogP contribution in [0.2, 0.25) is 15.1 Å². The van der Waals surface area contributed by atoms with Gasteiger partial charge in [0.2, 0.25) is 0 Å². The summed E-state index contributed by atoms with van der Waals surface area (Å²) in [6.07, 6.45) is 0.358. The Balaban J connectivity index is 2.01. The molecule has 2 aromatic carbocycles. The smallest absolute Gasteiger partial charge is 0.128 e. The summed E-state index contributed by atoms with van der Waals surface area (Å²) in [7, 11) is 0. The van der Waals surface area contributed by atoms with Crippen LogP contribution in [0.5, 0.6) is 5.75 Å². The minimum atomic E-state index is -0.250. The van der Waals surface area contributed by atoms with Crippen molar-refractivity contribution in [3.8, 4) is 5.75 Å². The molecule has 2 N–H and O–H groups in total. The first kappa shape index (κ1) is 14.0. The summed E-state index contributed by atoms with van der Waals surface area (Å²) in [5.74, 6) is 0.731. The molecule has 2 atom stereocenters. The number of nitrogens with two attached hydrogens (primary N) is 1. The highest BCUT2D eigenvalue weighted by molar-refractivity contribution is 6.36. The van der Waals surface area contributed by atoms with Crippen LogP contribution in [0.1, 0.15) is 29.7 Å². The fraction of sp³-hybridized carbons (Fsp3) is 0.200. The van der Waals surface area contributed by atoms with Crippen LogP contribution in [-0.4, -0.2) is 0 Å². The molecule has 1 unspecified atom stereocenters. The van der Waals surface area contributed by atoms with Crippen molar-refractivity contribution in [2.45, 2.75) is 18.6 Å². The average Bonchev–Trinajstić information content (AvgIpc) is 2.39. The lowest BCUT2D eigenvalue weighted by molar-refractivity contribution is 0.162. The maximum Gasteiger partial charge on any atom is 0.128 e. The molecule has 1 heterocycles. The molecule has 104 valence electrons. The Morgan fingerprint density at radius 2 is 1.75 bits per heavy atom. The van der Waals surface area contributed by atoms with Gasteiger partial charge in [-0.05, 0) is 30.3 Å². The van der Waals surface area contributed by atoms with Crippen molar-refractivity contribution in [1.82, 2.24) is 0 Å². The van der Waals surface area contributed by atoms with Gasteiger partial charge in [0.1, 0.15) is 11.9 Å². The Hall–Kier alpha value is -0.930. The van der Waals surface area contributed by atoms with Crippen LogP contribution in [0.15, 0.2) is 36.4 Å². The Morgan fingerprint density at radius 1 is 1.05 bits per heavy atom. The molecular formula is C15H12Cl3NO. The Bertz CT molecular complexity index is 639. The molecule has 0 saturated heterocycles. The number of benzene rings is 2. The van der Waals surface area contributed by atoms with Crippen LogP contribution in [0.4, 0.5) is 0 Å². The van der Waals surface area contributed by atoms with E-state index in [-0.39, 0.29) is 12.1 Å². The second kappa shape index (κ2) is 5.45. The Kier molecular flexibility index (Phi) is 3.83. The zero-order chi connectivity index (χ0) is 14.3. The monoisotopic (exact) mass is 327 g/mol. The Morgan fingerprint density at radius 3 is 2.45 bits per heavy atom. The molecule has 0 saturated carbocycles. The van der Waals surface area contributed by atoms with Crippen LogP contribution in [0.3, 0.4) is 0 Å². The van der Waals surface area contributed by atoms with Crippen LogP contribution in [0, 0.1) is 0 Å². The molecule has 1 aliphatic rings. The van der Waals surface area contributed by atoms with E-state index in [1.54, 1.807) is 18.2 Å². The summed E-state index contributed by atoms with van der Waals surface area (Å²) >= 11 is 18.5. The standard InChI is InChI=1S/C15H12Cl3NO/c16-8-4-5-13-9(6-8)12(19)7-14(20-13)15-10(17)2-1-3-11(15)18/h1-6,12,14H,7,19H2/t12-,14?/m1/s1. The zero-order valence-electron chi connectivity index (χ0n) is 10.4. The number of hydrogen-bond donors (Lipinski definition) is 1.